The Hall–Kier alpha value is -2.87. The lowest BCUT2D eigenvalue weighted by molar-refractivity contribution is -0.142. The van der Waals surface area contributed by atoms with E-state index in [9.17, 15) is 19.5 Å². The number of nitrogens with one attached hydrogen (secondary N) is 1. The Bertz CT molecular complexity index is 882. The molecule has 28 heavy (non-hydrogen) atoms. The zero-order chi connectivity index (χ0) is 21.1. The summed E-state index contributed by atoms with van der Waals surface area (Å²) < 4.78 is 2.09. The first-order valence-corrected chi connectivity index (χ1v) is 9.10. The van der Waals surface area contributed by atoms with E-state index in [1.807, 2.05) is 30.5 Å². The largest absolute Gasteiger partial charge is 0.480 e. The molecule has 0 bridgehead atoms. The summed E-state index contributed by atoms with van der Waals surface area (Å²) in [6, 6.07) is 5.45. The van der Waals surface area contributed by atoms with E-state index in [0.717, 1.165) is 16.5 Å². The van der Waals surface area contributed by atoms with Crippen LogP contribution in [-0.4, -0.2) is 44.7 Å². The van der Waals surface area contributed by atoms with Gasteiger partial charge in [-0.1, -0.05) is 18.2 Å². The summed E-state index contributed by atoms with van der Waals surface area (Å²) in [5.41, 5.74) is 7.01. The summed E-state index contributed by atoms with van der Waals surface area (Å²) in [7, 11) is 0. The zero-order valence-corrected chi connectivity index (χ0v) is 16.3. The molecule has 2 atom stereocenters. The number of aromatic nitrogens is 1. The van der Waals surface area contributed by atoms with Crippen LogP contribution >= 0.6 is 0 Å². The monoisotopic (exact) mass is 389 g/mol. The number of benzene rings is 1. The number of carboxylic acid groups (broad SMARTS) is 2. The molecular formula is C20H27N3O5. The molecule has 8 nitrogen and oxygen atoms in total. The first-order valence-electron chi connectivity index (χ1n) is 9.10. The second-order valence-electron chi connectivity index (χ2n) is 7.86. The molecule has 1 aromatic carbocycles. The number of carbonyl (C=O) groups is 3. The molecule has 0 aliphatic carbocycles. The fraction of sp³-hybridized carbons (Fsp3) is 0.450. The van der Waals surface area contributed by atoms with Gasteiger partial charge in [0.25, 0.3) is 0 Å². The summed E-state index contributed by atoms with van der Waals surface area (Å²) in [5.74, 6) is -2.88. The topological polar surface area (TPSA) is 135 Å². The Balaban J connectivity index is 2.20. The predicted molar refractivity (Wildman–Crippen MR) is 105 cm³/mol. The van der Waals surface area contributed by atoms with Gasteiger partial charge in [-0.25, -0.2) is 4.79 Å². The lowest BCUT2D eigenvalue weighted by Crippen LogP contribution is -2.43. The molecule has 0 aliphatic heterocycles. The molecule has 0 radical (unpaired) electrons. The number of hydrogen-bond acceptors (Lipinski definition) is 4. The van der Waals surface area contributed by atoms with Crippen molar-refractivity contribution in [3.63, 3.8) is 0 Å². The molecule has 0 saturated heterocycles. The second kappa shape index (κ2) is 8.43. The summed E-state index contributed by atoms with van der Waals surface area (Å²) in [6.45, 7) is 6.18. The molecule has 2 aromatic rings. The van der Waals surface area contributed by atoms with Gasteiger partial charge in [-0.3, -0.25) is 9.59 Å². The van der Waals surface area contributed by atoms with Crippen molar-refractivity contribution in [2.45, 2.75) is 57.7 Å². The van der Waals surface area contributed by atoms with Crippen LogP contribution in [0.5, 0.6) is 0 Å². The van der Waals surface area contributed by atoms with Gasteiger partial charge in [0.15, 0.2) is 0 Å². The van der Waals surface area contributed by atoms with E-state index in [0.29, 0.717) is 0 Å². The van der Waals surface area contributed by atoms with Crippen LogP contribution < -0.4 is 11.1 Å². The van der Waals surface area contributed by atoms with Crippen molar-refractivity contribution >= 4 is 28.7 Å². The van der Waals surface area contributed by atoms with Crippen LogP contribution in [-0.2, 0) is 26.3 Å². The minimum atomic E-state index is -1.20. The SMILES string of the molecule is CC(C)(C)n1cc(C[C@@H](NC(=O)CC[C@@H](N)C(=O)O)C(=O)O)c2ccccc21. The van der Waals surface area contributed by atoms with Crippen LogP contribution in [0.25, 0.3) is 10.9 Å². The van der Waals surface area contributed by atoms with Gasteiger partial charge in [0, 0.05) is 35.5 Å². The van der Waals surface area contributed by atoms with Gasteiger partial charge < -0.3 is 25.8 Å². The number of fused-ring (bicyclic) bond motifs is 1. The number of rotatable bonds is 8. The lowest BCUT2D eigenvalue weighted by atomic mass is 10.0. The minimum Gasteiger partial charge on any atom is -0.480 e. The number of carbonyl (C=O) groups excluding carboxylic acids is 1. The van der Waals surface area contributed by atoms with E-state index in [-0.39, 0.29) is 24.8 Å². The van der Waals surface area contributed by atoms with E-state index in [2.05, 4.69) is 30.7 Å². The highest BCUT2D eigenvalue weighted by Crippen LogP contribution is 2.28. The van der Waals surface area contributed by atoms with E-state index in [4.69, 9.17) is 10.8 Å². The molecule has 1 heterocycles. The van der Waals surface area contributed by atoms with Gasteiger partial charge >= 0.3 is 11.9 Å². The van der Waals surface area contributed by atoms with Gasteiger partial charge in [0.1, 0.15) is 12.1 Å². The molecule has 5 N–H and O–H groups in total. The quantitative estimate of drug-likeness (QED) is 0.543. The molecule has 2 rings (SSSR count). The van der Waals surface area contributed by atoms with Crippen molar-refractivity contribution < 1.29 is 24.6 Å². The summed E-state index contributed by atoms with van der Waals surface area (Å²) in [5, 5.41) is 21.7. The van der Waals surface area contributed by atoms with E-state index in [1.165, 1.54) is 0 Å². The number of nitrogens with two attached hydrogens (primary N) is 1. The Labute approximate surface area is 163 Å². The average molecular weight is 389 g/mol. The first kappa shape index (κ1) is 21.4. The molecule has 0 fully saturated rings. The lowest BCUT2D eigenvalue weighted by Gasteiger charge is -2.22. The fourth-order valence-corrected chi connectivity index (χ4v) is 3.06. The predicted octanol–water partition coefficient (Wildman–Crippen LogP) is 1.70. The van der Waals surface area contributed by atoms with Crippen LogP contribution in [0.15, 0.2) is 30.5 Å². The fourth-order valence-electron chi connectivity index (χ4n) is 3.06. The number of para-hydroxylation sites is 1. The van der Waals surface area contributed by atoms with E-state index >= 15 is 0 Å². The third-order valence-corrected chi connectivity index (χ3v) is 4.57. The van der Waals surface area contributed by atoms with Crippen molar-refractivity contribution in [2.75, 3.05) is 0 Å². The molecule has 152 valence electrons. The molecule has 0 spiro atoms. The Morgan fingerprint density at radius 3 is 2.36 bits per heavy atom. The third kappa shape index (κ3) is 5.10. The highest BCUT2D eigenvalue weighted by Gasteiger charge is 2.25. The highest BCUT2D eigenvalue weighted by atomic mass is 16.4. The second-order valence-corrected chi connectivity index (χ2v) is 7.86. The van der Waals surface area contributed by atoms with Crippen LogP contribution in [0.3, 0.4) is 0 Å². The molecule has 1 amide bonds. The minimum absolute atomic E-state index is 0.0587. The van der Waals surface area contributed by atoms with Gasteiger partial charge in [-0.15, -0.1) is 0 Å². The van der Waals surface area contributed by atoms with Crippen molar-refractivity contribution in [1.82, 2.24) is 9.88 Å². The Morgan fingerprint density at radius 2 is 1.79 bits per heavy atom. The summed E-state index contributed by atoms with van der Waals surface area (Å²) in [6.07, 6.45) is 1.83. The third-order valence-electron chi connectivity index (χ3n) is 4.57. The molecule has 0 aliphatic rings. The molecular weight excluding hydrogens is 362 g/mol. The average Bonchev–Trinajstić information content (AvgIpc) is 2.98. The number of hydrogen-bond donors (Lipinski definition) is 4. The van der Waals surface area contributed by atoms with Crippen LogP contribution in [0, 0.1) is 0 Å². The van der Waals surface area contributed by atoms with Crippen LogP contribution in [0.4, 0.5) is 0 Å². The smallest absolute Gasteiger partial charge is 0.326 e. The first-order chi connectivity index (χ1) is 13.0. The number of amides is 1. The highest BCUT2D eigenvalue weighted by molar-refractivity contribution is 5.87. The van der Waals surface area contributed by atoms with Crippen molar-refractivity contribution in [2.24, 2.45) is 5.73 Å². The van der Waals surface area contributed by atoms with Crippen molar-refractivity contribution in [3.05, 3.63) is 36.0 Å². The van der Waals surface area contributed by atoms with E-state index in [1.54, 1.807) is 0 Å². The number of nitrogens with zero attached hydrogens (tertiary/aromatic N) is 1. The summed E-state index contributed by atoms with van der Waals surface area (Å²) >= 11 is 0. The zero-order valence-electron chi connectivity index (χ0n) is 16.3. The standard InChI is InChI=1S/C20H27N3O5/c1-20(2,3)23-11-12(13-6-4-5-7-16(13)23)10-15(19(27)28)22-17(24)9-8-14(21)18(25)26/h4-7,11,14-15H,8-10,21H2,1-3H3,(H,22,24)(H,25,26)(H,27,28)/t14-,15-/m1/s1. The summed E-state index contributed by atoms with van der Waals surface area (Å²) in [4.78, 5) is 34.5. The van der Waals surface area contributed by atoms with Gasteiger partial charge in [0.05, 0.1) is 0 Å². The van der Waals surface area contributed by atoms with Gasteiger partial charge in [-0.05, 0) is 38.8 Å². The maximum atomic E-state index is 12.1. The Morgan fingerprint density at radius 1 is 1.14 bits per heavy atom. The number of carboxylic acids is 2. The molecule has 0 unspecified atom stereocenters. The maximum Gasteiger partial charge on any atom is 0.326 e. The van der Waals surface area contributed by atoms with Gasteiger partial charge in [-0.2, -0.15) is 0 Å². The van der Waals surface area contributed by atoms with Gasteiger partial charge in [0.2, 0.25) is 5.91 Å². The Kier molecular flexibility index (Phi) is 6.45. The molecule has 8 heteroatoms. The van der Waals surface area contributed by atoms with E-state index < -0.39 is 29.9 Å². The molecule has 0 saturated carbocycles. The van der Waals surface area contributed by atoms with Crippen molar-refractivity contribution in [1.29, 1.82) is 0 Å². The molecule has 1 aromatic heterocycles. The van der Waals surface area contributed by atoms with Crippen molar-refractivity contribution in [3.8, 4) is 0 Å². The number of aliphatic carboxylic acids is 2. The van der Waals surface area contributed by atoms with Crippen LogP contribution in [0.1, 0.15) is 39.2 Å². The van der Waals surface area contributed by atoms with Crippen LogP contribution in [0.2, 0.25) is 0 Å². The normalized spacial score (nSPS) is 13.9. The maximum absolute atomic E-state index is 12.1.